The van der Waals surface area contributed by atoms with Gasteiger partial charge < -0.3 is 4.90 Å². The Hall–Kier alpha value is -4.02. The summed E-state index contributed by atoms with van der Waals surface area (Å²) >= 11 is 0. The van der Waals surface area contributed by atoms with Gasteiger partial charge in [0.2, 0.25) is 0 Å². The molecule has 2 aliphatic rings. The molecule has 232 valence electrons. The number of hydrogen-bond donors (Lipinski definition) is 0. The summed E-state index contributed by atoms with van der Waals surface area (Å²) in [6, 6.07) is 53.3. The molecule has 0 aromatic heterocycles. The van der Waals surface area contributed by atoms with E-state index in [1.54, 1.807) is 0 Å². The van der Waals surface area contributed by atoms with E-state index in [-0.39, 0.29) is 10.8 Å². The standard InChI is InChI=1S/C44H41NP2/c1-43(2,3)32-22-24-36-38(28-32)46(34-18-12-8-13-19-34)40-26-31(30-16-10-7-11-17-30)27-41-42(40)45(36)37-25-23-33(44(4,5)6)29-39(37)47(41)35-20-14-9-15-21-35/h7-29H,1-6H3. The first kappa shape index (κ1) is 30.3. The Morgan fingerprint density at radius 1 is 0.404 bits per heavy atom. The molecule has 1 nitrogen and oxygen atoms in total. The summed E-state index contributed by atoms with van der Waals surface area (Å²) < 4.78 is 0. The van der Waals surface area contributed by atoms with Gasteiger partial charge in [-0.05, 0) is 95.9 Å². The summed E-state index contributed by atoms with van der Waals surface area (Å²) in [7, 11) is -1.63. The molecule has 6 aromatic rings. The second-order valence-corrected chi connectivity index (χ2v) is 19.1. The van der Waals surface area contributed by atoms with Crippen molar-refractivity contribution in [3.63, 3.8) is 0 Å². The van der Waals surface area contributed by atoms with Crippen molar-refractivity contribution in [3.05, 3.63) is 151 Å². The van der Waals surface area contributed by atoms with Crippen molar-refractivity contribution in [3.8, 4) is 11.1 Å². The lowest BCUT2D eigenvalue weighted by Gasteiger charge is -2.45. The highest BCUT2D eigenvalue weighted by Crippen LogP contribution is 2.56. The van der Waals surface area contributed by atoms with Crippen LogP contribution in [0.4, 0.5) is 17.1 Å². The zero-order valence-electron chi connectivity index (χ0n) is 28.1. The van der Waals surface area contributed by atoms with Gasteiger partial charge in [0.05, 0.1) is 17.1 Å². The Morgan fingerprint density at radius 2 is 0.809 bits per heavy atom. The van der Waals surface area contributed by atoms with Crippen LogP contribution in [0.2, 0.25) is 0 Å². The fraction of sp³-hybridized carbons (Fsp3) is 0.182. The Balaban J connectivity index is 1.52. The third-order valence-corrected chi connectivity index (χ3v) is 14.5. The van der Waals surface area contributed by atoms with Gasteiger partial charge in [0.25, 0.3) is 0 Å². The van der Waals surface area contributed by atoms with Crippen LogP contribution in [-0.4, -0.2) is 0 Å². The van der Waals surface area contributed by atoms with Crippen LogP contribution in [-0.2, 0) is 10.8 Å². The fourth-order valence-electron chi connectivity index (χ4n) is 7.03. The van der Waals surface area contributed by atoms with E-state index in [9.17, 15) is 0 Å². The average Bonchev–Trinajstić information content (AvgIpc) is 3.07. The monoisotopic (exact) mass is 645 g/mol. The molecule has 6 aromatic carbocycles. The minimum atomic E-state index is -0.816. The summed E-state index contributed by atoms with van der Waals surface area (Å²) in [5.41, 5.74) is 9.47. The molecule has 47 heavy (non-hydrogen) atoms. The van der Waals surface area contributed by atoms with Crippen molar-refractivity contribution < 1.29 is 0 Å². The minimum Gasteiger partial charge on any atom is -0.308 e. The van der Waals surface area contributed by atoms with E-state index in [1.165, 1.54) is 71.1 Å². The van der Waals surface area contributed by atoms with Crippen LogP contribution in [0.5, 0.6) is 0 Å². The van der Waals surface area contributed by atoms with E-state index < -0.39 is 15.8 Å². The second kappa shape index (κ2) is 11.3. The molecule has 3 heteroatoms. The summed E-state index contributed by atoms with van der Waals surface area (Å²) in [5.74, 6) is 0. The topological polar surface area (TPSA) is 3.24 Å². The Kier molecular flexibility index (Phi) is 7.29. The first-order valence-electron chi connectivity index (χ1n) is 16.6. The van der Waals surface area contributed by atoms with Gasteiger partial charge >= 0.3 is 0 Å². The maximum absolute atomic E-state index is 2.63. The zero-order valence-corrected chi connectivity index (χ0v) is 29.9. The summed E-state index contributed by atoms with van der Waals surface area (Å²) in [6.07, 6.45) is 0. The van der Waals surface area contributed by atoms with Crippen LogP contribution in [0, 0.1) is 0 Å². The molecule has 0 N–H and O–H groups in total. The van der Waals surface area contributed by atoms with Crippen molar-refractivity contribution in [2.45, 2.75) is 52.4 Å². The largest absolute Gasteiger partial charge is 0.308 e. The number of fused-ring (bicyclic) bond motifs is 4. The highest BCUT2D eigenvalue weighted by atomic mass is 31.1. The molecule has 0 bridgehead atoms. The first-order chi connectivity index (χ1) is 22.6. The van der Waals surface area contributed by atoms with Gasteiger partial charge in [0.15, 0.2) is 0 Å². The van der Waals surface area contributed by atoms with Gasteiger partial charge in [-0.25, -0.2) is 0 Å². The van der Waals surface area contributed by atoms with Gasteiger partial charge in [-0.3, -0.25) is 0 Å². The molecular weight excluding hydrogens is 604 g/mol. The first-order valence-corrected chi connectivity index (χ1v) is 19.3. The van der Waals surface area contributed by atoms with Gasteiger partial charge in [0, 0.05) is 21.2 Å². The summed E-state index contributed by atoms with van der Waals surface area (Å²) in [6.45, 7) is 14.0. The van der Waals surface area contributed by atoms with Gasteiger partial charge in [0.1, 0.15) is 0 Å². The van der Waals surface area contributed by atoms with E-state index in [0.29, 0.717) is 0 Å². The lowest BCUT2D eigenvalue weighted by molar-refractivity contribution is 0.590. The number of rotatable bonds is 3. The minimum absolute atomic E-state index is 0.0487. The number of nitrogens with zero attached hydrogens (tertiary/aromatic N) is 1. The molecule has 0 fully saturated rings. The molecule has 2 aliphatic heterocycles. The zero-order chi connectivity index (χ0) is 32.5. The summed E-state index contributed by atoms with van der Waals surface area (Å²) in [5, 5.41) is 8.60. The van der Waals surface area contributed by atoms with Crippen molar-refractivity contribution in [1.82, 2.24) is 0 Å². The van der Waals surface area contributed by atoms with Crippen LogP contribution in [0.25, 0.3) is 11.1 Å². The number of benzene rings is 6. The van der Waals surface area contributed by atoms with E-state index >= 15 is 0 Å². The third kappa shape index (κ3) is 5.17. The number of hydrogen-bond acceptors (Lipinski definition) is 1. The Labute approximate surface area is 282 Å². The molecule has 0 saturated heterocycles. The molecule has 8 rings (SSSR count). The van der Waals surface area contributed by atoms with Crippen molar-refractivity contribution >= 4 is 64.7 Å². The highest BCUT2D eigenvalue weighted by molar-refractivity contribution is 7.82. The van der Waals surface area contributed by atoms with Crippen molar-refractivity contribution in [1.29, 1.82) is 0 Å². The Bertz CT molecular complexity index is 1980. The lowest BCUT2D eigenvalue weighted by Crippen LogP contribution is -2.44. The quantitative estimate of drug-likeness (QED) is 0.173. The smallest absolute Gasteiger partial charge is 0.0629 e. The lowest BCUT2D eigenvalue weighted by atomic mass is 9.86. The predicted octanol–water partition coefficient (Wildman–Crippen LogP) is 9.56. The number of anilines is 3. The molecule has 2 unspecified atom stereocenters. The molecule has 0 spiro atoms. The highest BCUT2D eigenvalue weighted by Gasteiger charge is 2.42. The third-order valence-electron chi connectivity index (χ3n) is 9.56. The SMILES string of the molecule is CC(C)(C)c1ccc2c(c1)P(c1ccccc1)c1cc(-c3ccccc3)cc3c1N2c1ccc(C(C)(C)C)cc1P3c1ccccc1. The van der Waals surface area contributed by atoms with Crippen LogP contribution < -0.4 is 36.7 Å². The van der Waals surface area contributed by atoms with Gasteiger partial charge in [-0.1, -0.05) is 145 Å². The normalized spacial score (nSPS) is 16.7. The van der Waals surface area contributed by atoms with Gasteiger partial charge in [-0.2, -0.15) is 0 Å². The van der Waals surface area contributed by atoms with E-state index in [2.05, 4.69) is 186 Å². The predicted molar refractivity (Wildman–Crippen MR) is 208 cm³/mol. The van der Waals surface area contributed by atoms with Gasteiger partial charge in [-0.15, -0.1) is 0 Å². The molecule has 2 atom stereocenters. The fourth-order valence-corrected chi connectivity index (χ4v) is 12.4. The second-order valence-electron chi connectivity index (χ2n) is 14.8. The molecule has 0 amide bonds. The van der Waals surface area contributed by atoms with Crippen LogP contribution in [0.1, 0.15) is 52.7 Å². The molecule has 0 aliphatic carbocycles. The molecular formula is C44H41NP2. The van der Waals surface area contributed by atoms with E-state index in [0.717, 1.165) is 0 Å². The van der Waals surface area contributed by atoms with Crippen LogP contribution in [0.3, 0.4) is 0 Å². The van der Waals surface area contributed by atoms with E-state index in [4.69, 9.17) is 0 Å². The van der Waals surface area contributed by atoms with Crippen molar-refractivity contribution in [2.75, 3.05) is 4.90 Å². The average molecular weight is 646 g/mol. The van der Waals surface area contributed by atoms with Crippen LogP contribution >= 0.6 is 15.8 Å². The van der Waals surface area contributed by atoms with Crippen LogP contribution in [0.15, 0.2) is 140 Å². The molecule has 2 heterocycles. The molecule has 0 saturated carbocycles. The Morgan fingerprint density at radius 3 is 1.21 bits per heavy atom. The van der Waals surface area contributed by atoms with E-state index in [1.807, 2.05) is 0 Å². The molecule has 0 radical (unpaired) electrons. The maximum atomic E-state index is 2.63. The summed E-state index contributed by atoms with van der Waals surface area (Å²) in [4.78, 5) is 2.63. The van der Waals surface area contributed by atoms with Crippen molar-refractivity contribution in [2.24, 2.45) is 0 Å². The maximum Gasteiger partial charge on any atom is 0.0629 e.